The third-order valence-corrected chi connectivity index (χ3v) is 6.59. The van der Waals surface area contributed by atoms with Crippen LogP contribution in [0.4, 0.5) is 5.69 Å². The van der Waals surface area contributed by atoms with Crippen LogP contribution in [-0.2, 0) is 11.3 Å². The van der Waals surface area contributed by atoms with Gasteiger partial charge in [0.05, 0.1) is 12.2 Å². The number of para-hydroxylation sites is 1. The van der Waals surface area contributed by atoms with E-state index >= 15 is 0 Å². The number of carbonyl (C=O) groups is 2. The number of aromatic nitrogens is 2. The molecule has 8 nitrogen and oxygen atoms in total. The summed E-state index contributed by atoms with van der Waals surface area (Å²) in [6.45, 7) is 8.48. The lowest BCUT2D eigenvalue weighted by atomic mass is 10.1. The van der Waals surface area contributed by atoms with E-state index in [2.05, 4.69) is 37.9 Å². The quantitative estimate of drug-likeness (QED) is 0.493. The first-order valence-electron chi connectivity index (χ1n) is 11.8. The fourth-order valence-electron chi connectivity index (χ4n) is 4.16. The van der Waals surface area contributed by atoms with Gasteiger partial charge in [-0.3, -0.25) is 25.3 Å². The van der Waals surface area contributed by atoms with Crippen LogP contribution >= 0.6 is 11.6 Å². The van der Waals surface area contributed by atoms with Crippen molar-refractivity contribution in [1.29, 1.82) is 0 Å². The summed E-state index contributed by atoms with van der Waals surface area (Å²) in [5.74, 6) is -0.725. The predicted octanol–water partition coefficient (Wildman–Crippen LogP) is 3.17. The van der Waals surface area contributed by atoms with Crippen molar-refractivity contribution in [3.8, 4) is 0 Å². The molecule has 0 spiro atoms. The lowest BCUT2D eigenvalue weighted by Gasteiger charge is -2.36. The Morgan fingerprint density at radius 3 is 2.31 bits per heavy atom. The van der Waals surface area contributed by atoms with Crippen LogP contribution in [0.2, 0.25) is 5.15 Å². The Bertz CT molecular complexity index is 1150. The summed E-state index contributed by atoms with van der Waals surface area (Å²) in [5, 5.41) is 4.64. The summed E-state index contributed by atoms with van der Waals surface area (Å²) in [4.78, 5) is 29.6. The van der Waals surface area contributed by atoms with Crippen molar-refractivity contribution in [3.63, 3.8) is 0 Å². The number of rotatable bonds is 7. The minimum absolute atomic E-state index is 0.242. The highest BCUT2D eigenvalue weighted by Crippen LogP contribution is 2.21. The molecule has 1 aliphatic rings. The number of piperazine rings is 1. The Labute approximate surface area is 210 Å². The molecule has 0 bridgehead atoms. The van der Waals surface area contributed by atoms with E-state index in [-0.39, 0.29) is 16.6 Å². The number of hydrogen-bond acceptors (Lipinski definition) is 5. The van der Waals surface area contributed by atoms with Crippen molar-refractivity contribution in [1.82, 2.24) is 25.5 Å². The van der Waals surface area contributed by atoms with Crippen LogP contribution in [0.25, 0.3) is 0 Å². The molecule has 2 N–H and O–H groups in total. The summed E-state index contributed by atoms with van der Waals surface area (Å²) < 4.78 is 1.59. The molecule has 0 radical (unpaired) electrons. The van der Waals surface area contributed by atoms with Crippen molar-refractivity contribution >= 4 is 29.1 Å². The zero-order valence-corrected chi connectivity index (χ0v) is 20.9. The summed E-state index contributed by atoms with van der Waals surface area (Å²) >= 11 is 6.46. The third-order valence-electron chi connectivity index (χ3n) is 6.21. The van der Waals surface area contributed by atoms with Gasteiger partial charge in [-0.1, -0.05) is 59.6 Å². The molecule has 1 fully saturated rings. The van der Waals surface area contributed by atoms with Gasteiger partial charge >= 0.3 is 0 Å². The summed E-state index contributed by atoms with van der Waals surface area (Å²) in [6, 6.07) is 18.4. The number of benzene rings is 2. The lowest BCUT2D eigenvalue weighted by molar-refractivity contribution is -0.122. The van der Waals surface area contributed by atoms with Crippen LogP contribution in [0.1, 0.15) is 33.6 Å². The van der Waals surface area contributed by atoms with Gasteiger partial charge in [0.2, 0.25) is 5.91 Å². The average Bonchev–Trinajstić information content (AvgIpc) is 3.16. The van der Waals surface area contributed by atoms with E-state index < -0.39 is 5.91 Å². The highest BCUT2D eigenvalue weighted by molar-refractivity contribution is 6.33. The fourth-order valence-corrected chi connectivity index (χ4v) is 4.48. The van der Waals surface area contributed by atoms with Gasteiger partial charge in [-0.15, -0.1) is 0 Å². The molecule has 0 atom stereocenters. The number of aryl methyl sites for hydroxylation is 2. The number of hydrazine groups is 1. The Morgan fingerprint density at radius 1 is 0.943 bits per heavy atom. The number of carbonyl (C=O) groups excluding carboxylic acids is 2. The Morgan fingerprint density at radius 2 is 1.63 bits per heavy atom. The fraction of sp³-hybridized carbons (Fsp3) is 0.346. The second-order valence-corrected chi connectivity index (χ2v) is 9.17. The van der Waals surface area contributed by atoms with Gasteiger partial charge in [0, 0.05) is 44.8 Å². The zero-order chi connectivity index (χ0) is 24.8. The normalized spacial score (nSPS) is 14.1. The van der Waals surface area contributed by atoms with Crippen molar-refractivity contribution in [2.24, 2.45) is 0 Å². The monoisotopic (exact) mass is 494 g/mol. The van der Waals surface area contributed by atoms with Gasteiger partial charge in [-0.05, 0) is 31.5 Å². The molecule has 0 saturated carbocycles. The number of halogens is 1. The van der Waals surface area contributed by atoms with E-state index in [9.17, 15) is 9.59 Å². The first-order valence-corrected chi connectivity index (χ1v) is 12.2. The van der Waals surface area contributed by atoms with E-state index in [0.717, 1.165) is 31.7 Å². The van der Waals surface area contributed by atoms with Crippen molar-refractivity contribution in [3.05, 3.63) is 82.1 Å². The molecule has 9 heteroatoms. The smallest absolute Gasteiger partial charge is 0.274 e. The summed E-state index contributed by atoms with van der Waals surface area (Å²) in [5.41, 5.74) is 9.17. The van der Waals surface area contributed by atoms with E-state index in [4.69, 9.17) is 11.6 Å². The maximum Gasteiger partial charge on any atom is 0.274 e. The highest BCUT2D eigenvalue weighted by Gasteiger charge is 2.22. The van der Waals surface area contributed by atoms with Crippen LogP contribution in [0.5, 0.6) is 0 Å². The van der Waals surface area contributed by atoms with Gasteiger partial charge in [-0.2, -0.15) is 5.10 Å². The standard InChI is InChI=1S/C26H31ClN6O2/c1-19-8-10-21(11-9-19)18-33-25(27)24(20(2)30-33)26(35)29-28-23(34)12-13-31-14-16-32(17-15-31)22-6-4-3-5-7-22/h3-11H,12-18H2,1-2H3,(H,28,34)(H,29,35). The third kappa shape index (κ3) is 6.41. The average molecular weight is 495 g/mol. The Balaban J connectivity index is 1.22. The molecule has 2 amide bonds. The molecule has 1 aromatic heterocycles. The van der Waals surface area contributed by atoms with Crippen LogP contribution in [0.3, 0.4) is 0 Å². The minimum Gasteiger partial charge on any atom is -0.369 e. The van der Waals surface area contributed by atoms with Crippen molar-refractivity contribution in [2.45, 2.75) is 26.8 Å². The van der Waals surface area contributed by atoms with Gasteiger partial charge in [0.25, 0.3) is 5.91 Å². The molecule has 2 aromatic carbocycles. The molecule has 0 unspecified atom stereocenters. The van der Waals surface area contributed by atoms with Crippen LogP contribution in [-0.4, -0.2) is 59.2 Å². The minimum atomic E-state index is -0.479. The van der Waals surface area contributed by atoms with E-state index in [1.165, 1.54) is 11.3 Å². The molecular weight excluding hydrogens is 464 g/mol. The number of amides is 2. The first kappa shape index (κ1) is 24.8. The second kappa shape index (κ2) is 11.4. The first-order chi connectivity index (χ1) is 16.9. The predicted molar refractivity (Wildman–Crippen MR) is 138 cm³/mol. The van der Waals surface area contributed by atoms with Crippen LogP contribution < -0.4 is 15.8 Å². The maximum absolute atomic E-state index is 12.7. The number of nitrogens with one attached hydrogen (secondary N) is 2. The maximum atomic E-state index is 12.7. The van der Waals surface area contributed by atoms with Gasteiger partial charge in [0.15, 0.2) is 0 Å². The molecule has 0 aliphatic carbocycles. The van der Waals surface area contributed by atoms with Crippen LogP contribution in [0.15, 0.2) is 54.6 Å². The molecule has 184 valence electrons. The number of anilines is 1. The molecule has 4 rings (SSSR count). The van der Waals surface area contributed by atoms with E-state index in [1.807, 2.05) is 49.4 Å². The van der Waals surface area contributed by atoms with Gasteiger partial charge in [-0.25, -0.2) is 4.68 Å². The van der Waals surface area contributed by atoms with Crippen LogP contribution in [0, 0.1) is 13.8 Å². The van der Waals surface area contributed by atoms with Crippen molar-refractivity contribution < 1.29 is 9.59 Å². The Kier molecular flexibility index (Phi) is 8.05. The highest BCUT2D eigenvalue weighted by atomic mass is 35.5. The topological polar surface area (TPSA) is 82.5 Å². The van der Waals surface area contributed by atoms with E-state index in [1.54, 1.807) is 11.6 Å². The number of hydrogen-bond donors (Lipinski definition) is 2. The molecular formula is C26H31ClN6O2. The summed E-state index contributed by atoms with van der Waals surface area (Å²) in [6.07, 6.45) is 0.297. The van der Waals surface area contributed by atoms with E-state index in [0.29, 0.717) is 25.2 Å². The van der Waals surface area contributed by atoms with Gasteiger partial charge < -0.3 is 4.90 Å². The van der Waals surface area contributed by atoms with Gasteiger partial charge in [0.1, 0.15) is 10.7 Å². The van der Waals surface area contributed by atoms with Crippen molar-refractivity contribution in [2.75, 3.05) is 37.6 Å². The Hall–Kier alpha value is -3.36. The second-order valence-electron chi connectivity index (χ2n) is 8.81. The lowest BCUT2D eigenvalue weighted by Crippen LogP contribution is -2.48. The number of nitrogens with zero attached hydrogens (tertiary/aromatic N) is 4. The molecule has 2 heterocycles. The summed E-state index contributed by atoms with van der Waals surface area (Å²) in [7, 11) is 0. The molecule has 3 aromatic rings. The molecule has 1 aliphatic heterocycles. The SMILES string of the molecule is Cc1ccc(Cn2nc(C)c(C(=O)NNC(=O)CCN3CCN(c4ccccc4)CC3)c2Cl)cc1. The zero-order valence-electron chi connectivity index (χ0n) is 20.1. The molecule has 1 saturated heterocycles. The molecule has 35 heavy (non-hydrogen) atoms. The largest absolute Gasteiger partial charge is 0.369 e.